The van der Waals surface area contributed by atoms with Crippen molar-refractivity contribution >= 4 is 31.1 Å². The number of benzene rings is 2. The zero-order valence-corrected chi connectivity index (χ0v) is 21.0. The molecule has 2 aliphatic rings. The number of nitrogens with zero attached hydrogens (tertiary/aromatic N) is 2. The summed E-state index contributed by atoms with van der Waals surface area (Å²) in [6.45, 7) is 3.08. The third-order valence-electron chi connectivity index (χ3n) is 5.26. The molecule has 1 unspecified atom stereocenters. The molecule has 10 nitrogen and oxygen atoms in total. The molecule has 2 saturated heterocycles. The Hall–Kier alpha value is -2.20. The Kier molecular flexibility index (Phi) is 8.00. The van der Waals surface area contributed by atoms with Crippen LogP contribution >= 0.6 is 7.59 Å². The second kappa shape index (κ2) is 10.4. The van der Waals surface area contributed by atoms with Crippen LogP contribution in [0.25, 0.3) is 0 Å². The number of nitrogens with one attached hydrogen (secondary N) is 2. The standard InChI is InChI=1S/C21H23N4O6P.Na/c26-19(16-6-1-2-7-17(16)20(27)28)22-18(21(29)30)13-14-4-3-5-15(12-14)23-32(31,24-8-9-24)25-10-11-25;/h1-7,12,18H,8-11,13H2,(H,22,26)(H,23,31)(H,27,28)(H,29,30);/q;+1. The first-order valence-corrected chi connectivity index (χ1v) is 11.7. The van der Waals surface area contributed by atoms with E-state index >= 15 is 0 Å². The smallest absolute Gasteiger partial charge is 0.480 e. The Morgan fingerprint density at radius 1 is 0.939 bits per heavy atom. The van der Waals surface area contributed by atoms with Gasteiger partial charge in [-0.05, 0) is 29.8 Å². The van der Waals surface area contributed by atoms with E-state index in [9.17, 15) is 29.2 Å². The molecule has 0 bridgehead atoms. The maximum absolute atomic E-state index is 13.3. The predicted octanol–water partition coefficient (Wildman–Crippen LogP) is -1.03. The molecule has 0 saturated carbocycles. The molecule has 2 aliphatic heterocycles. The van der Waals surface area contributed by atoms with Gasteiger partial charge in [0, 0.05) is 38.3 Å². The van der Waals surface area contributed by atoms with Gasteiger partial charge >= 0.3 is 49.1 Å². The molecule has 33 heavy (non-hydrogen) atoms. The van der Waals surface area contributed by atoms with Gasteiger partial charge in [-0.1, -0.05) is 24.3 Å². The summed E-state index contributed by atoms with van der Waals surface area (Å²) in [7, 11) is -2.84. The van der Waals surface area contributed by atoms with Crippen LogP contribution in [0.5, 0.6) is 0 Å². The van der Waals surface area contributed by atoms with Gasteiger partial charge in [0.05, 0.1) is 11.1 Å². The van der Waals surface area contributed by atoms with Crippen LogP contribution in [0, 0.1) is 0 Å². The number of carbonyl (C=O) groups is 3. The number of aromatic carboxylic acids is 1. The van der Waals surface area contributed by atoms with Crippen LogP contribution in [0.3, 0.4) is 0 Å². The van der Waals surface area contributed by atoms with Crippen molar-refractivity contribution in [2.75, 3.05) is 31.3 Å². The van der Waals surface area contributed by atoms with Gasteiger partial charge in [-0.25, -0.2) is 18.9 Å². The SMILES string of the molecule is O=C(O)c1ccccc1C(=O)NC(Cc1cccc(NP(=O)(N2CC2)N2CC2)c1)C(=O)O.[Na+]. The molecule has 0 aromatic heterocycles. The molecule has 168 valence electrons. The fourth-order valence-electron chi connectivity index (χ4n) is 3.43. The monoisotopic (exact) mass is 481 g/mol. The minimum Gasteiger partial charge on any atom is -0.480 e. The molecule has 4 N–H and O–H groups in total. The van der Waals surface area contributed by atoms with Crippen LogP contribution < -0.4 is 40.0 Å². The Bertz CT molecular complexity index is 1110. The third kappa shape index (κ3) is 6.03. The Morgan fingerprint density at radius 2 is 1.55 bits per heavy atom. The minimum absolute atomic E-state index is 0. The van der Waals surface area contributed by atoms with Gasteiger partial charge in [0.15, 0.2) is 0 Å². The van der Waals surface area contributed by atoms with Gasteiger partial charge in [-0.3, -0.25) is 9.36 Å². The van der Waals surface area contributed by atoms with E-state index in [0.29, 0.717) is 11.3 Å². The molecular weight excluding hydrogens is 458 g/mol. The average Bonchev–Trinajstić information content (AvgIpc) is 3.65. The summed E-state index contributed by atoms with van der Waals surface area (Å²) in [5, 5.41) is 24.4. The number of aliphatic carboxylic acids is 1. The van der Waals surface area contributed by atoms with E-state index in [1.807, 2.05) is 9.34 Å². The fourth-order valence-corrected chi connectivity index (χ4v) is 5.81. The van der Waals surface area contributed by atoms with Crippen molar-refractivity contribution in [3.05, 3.63) is 65.2 Å². The van der Waals surface area contributed by atoms with Crippen molar-refractivity contribution < 1.29 is 58.7 Å². The van der Waals surface area contributed by atoms with Crippen molar-refractivity contribution in [2.45, 2.75) is 12.5 Å². The van der Waals surface area contributed by atoms with Gasteiger partial charge in [0.25, 0.3) is 5.91 Å². The maximum atomic E-state index is 13.3. The van der Waals surface area contributed by atoms with E-state index in [0.717, 1.165) is 26.2 Å². The van der Waals surface area contributed by atoms with E-state index in [2.05, 4.69) is 10.4 Å². The number of hydrogen-bond acceptors (Lipinski definition) is 4. The van der Waals surface area contributed by atoms with Gasteiger partial charge in [-0.2, -0.15) is 0 Å². The van der Waals surface area contributed by atoms with Crippen LogP contribution in [0.2, 0.25) is 0 Å². The van der Waals surface area contributed by atoms with E-state index in [4.69, 9.17) is 0 Å². The summed E-state index contributed by atoms with van der Waals surface area (Å²) in [6.07, 6.45) is -0.0242. The first-order chi connectivity index (χ1) is 15.3. The Labute approximate surface area is 212 Å². The van der Waals surface area contributed by atoms with Crippen molar-refractivity contribution in [1.82, 2.24) is 14.7 Å². The molecule has 1 atom stereocenters. The second-order valence-corrected chi connectivity index (χ2v) is 10.1. The minimum atomic E-state index is -2.84. The molecule has 2 aromatic rings. The van der Waals surface area contributed by atoms with Gasteiger partial charge in [0.2, 0.25) is 0 Å². The number of carboxylic acid groups (broad SMARTS) is 2. The van der Waals surface area contributed by atoms with Gasteiger partial charge < -0.3 is 20.6 Å². The Morgan fingerprint density at radius 3 is 2.09 bits per heavy atom. The summed E-state index contributed by atoms with van der Waals surface area (Å²) in [4.78, 5) is 35.7. The van der Waals surface area contributed by atoms with Crippen LogP contribution in [0.15, 0.2) is 48.5 Å². The molecule has 0 aliphatic carbocycles. The Balaban J connectivity index is 0.00000306. The van der Waals surface area contributed by atoms with Crippen molar-refractivity contribution in [3.63, 3.8) is 0 Å². The predicted molar refractivity (Wildman–Crippen MR) is 117 cm³/mol. The molecule has 2 aromatic carbocycles. The first kappa shape index (κ1) is 25.4. The summed E-state index contributed by atoms with van der Waals surface area (Å²) >= 11 is 0. The van der Waals surface area contributed by atoms with E-state index in [-0.39, 0.29) is 47.1 Å². The zero-order chi connectivity index (χ0) is 22.9. The zero-order valence-electron chi connectivity index (χ0n) is 18.1. The molecule has 1 amide bonds. The van der Waals surface area contributed by atoms with Crippen LogP contribution in [-0.2, 0) is 15.8 Å². The van der Waals surface area contributed by atoms with Crippen LogP contribution in [-0.4, -0.2) is 69.6 Å². The maximum Gasteiger partial charge on any atom is 1.00 e. The summed E-state index contributed by atoms with van der Waals surface area (Å²) in [6, 6.07) is 11.3. The molecule has 2 heterocycles. The molecule has 2 fully saturated rings. The number of carbonyl (C=O) groups excluding carboxylic acids is 1. The number of rotatable bonds is 10. The number of hydrogen-bond donors (Lipinski definition) is 4. The number of anilines is 1. The average molecular weight is 481 g/mol. The van der Waals surface area contributed by atoms with Crippen LogP contribution in [0.1, 0.15) is 26.3 Å². The van der Waals surface area contributed by atoms with E-state index in [1.54, 1.807) is 24.3 Å². The largest absolute Gasteiger partial charge is 1.00 e. The molecule has 4 rings (SSSR count). The first-order valence-electron chi connectivity index (χ1n) is 10.1. The molecule has 12 heteroatoms. The van der Waals surface area contributed by atoms with Gasteiger partial charge in [0.1, 0.15) is 6.04 Å². The summed E-state index contributed by atoms with van der Waals surface area (Å²) in [5.41, 5.74) is 0.912. The molecule has 0 spiro atoms. The molecule has 0 radical (unpaired) electrons. The van der Waals surface area contributed by atoms with Crippen LogP contribution in [0.4, 0.5) is 5.69 Å². The molecular formula is C21H23N4NaO6P+. The summed E-state index contributed by atoms with van der Waals surface area (Å²) in [5.74, 6) is -3.30. The van der Waals surface area contributed by atoms with Crippen molar-refractivity contribution in [3.8, 4) is 0 Å². The third-order valence-corrected chi connectivity index (χ3v) is 8.14. The summed E-state index contributed by atoms with van der Waals surface area (Å²) < 4.78 is 17.0. The number of carboxylic acids is 2. The topological polar surface area (TPSA) is 139 Å². The quantitative estimate of drug-likeness (QED) is 0.191. The number of amides is 1. The van der Waals surface area contributed by atoms with E-state index in [1.165, 1.54) is 24.3 Å². The van der Waals surface area contributed by atoms with Gasteiger partial charge in [-0.15, -0.1) is 0 Å². The second-order valence-electron chi connectivity index (χ2n) is 7.68. The van der Waals surface area contributed by atoms with E-state index < -0.39 is 31.5 Å². The fraction of sp³-hybridized carbons (Fsp3) is 0.286. The van der Waals surface area contributed by atoms with Crippen molar-refractivity contribution in [1.29, 1.82) is 0 Å². The normalized spacial score (nSPS) is 16.2. The van der Waals surface area contributed by atoms with Crippen molar-refractivity contribution in [2.24, 2.45) is 0 Å².